The second kappa shape index (κ2) is 8.52. The molecule has 1 amide bonds. The molecule has 3 aromatic carbocycles. The van der Waals surface area contributed by atoms with Crippen molar-refractivity contribution < 1.29 is 14.6 Å². The Bertz CT molecular complexity index is 869. The number of aliphatic hydroxyl groups is 1. The van der Waals surface area contributed by atoms with Gasteiger partial charge in [0, 0.05) is 16.3 Å². The molecular formula is C21H18ClNO3. The Balaban J connectivity index is 1.74. The highest BCUT2D eigenvalue weighted by molar-refractivity contribution is 6.30. The lowest BCUT2D eigenvalue weighted by atomic mass is 10.00. The molecule has 4 nitrogen and oxygen atoms in total. The van der Waals surface area contributed by atoms with E-state index in [1.54, 1.807) is 30.3 Å². The van der Waals surface area contributed by atoms with Crippen molar-refractivity contribution in [3.63, 3.8) is 0 Å². The summed E-state index contributed by atoms with van der Waals surface area (Å²) < 4.78 is 5.45. The van der Waals surface area contributed by atoms with Crippen molar-refractivity contribution in [2.45, 2.75) is 6.10 Å². The van der Waals surface area contributed by atoms with E-state index in [0.29, 0.717) is 27.6 Å². The van der Waals surface area contributed by atoms with E-state index < -0.39 is 6.10 Å². The van der Waals surface area contributed by atoms with Crippen molar-refractivity contribution in [1.29, 1.82) is 0 Å². The predicted octanol–water partition coefficient (Wildman–Crippen LogP) is 4.44. The van der Waals surface area contributed by atoms with Gasteiger partial charge in [-0.1, -0.05) is 60.1 Å². The Hall–Kier alpha value is -2.82. The number of ether oxygens (including phenoxy) is 1. The normalized spacial score (nSPS) is 11.6. The molecule has 0 bridgehead atoms. The Morgan fingerprint density at radius 3 is 2.35 bits per heavy atom. The van der Waals surface area contributed by atoms with Gasteiger partial charge in [-0.3, -0.25) is 4.79 Å². The molecule has 132 valence electrons. The zero-order chi connectivity index (χ0) is 18.4. The van der Waals surface area contributed by atoms with Crippen LogP contribution < -0.4 is 10.1 Å². The molecular weight excluding hydrogens is 350 g/mol. The van der Waals surface area contributed by atoms with Crippen molar-refractivity contribution in [2.75, 3.05) is 11.9 Å². The van der Waals surface area contributed by atoms with Crippen molar-refractivity contribution in [3.05, 3.63) is 95.0 Å². The highest BCUT2D eigenvalue weighted by Crippen LogP contribution is 2.30. The van der Waals surface area contributed by atoms with Gasteiger partial charge in [0.1, 0.15) is 11.9 Å². The molecule has 0 saturated carbocycles. The smallest absolute Gasteiger partial charge is 0.262 e. The van der Waals surface area contributed by atoms with Crippen LogP contribution in [0, 0.1) is 0 Å². The van der Waals surface area contributed by atoms with Gasteiger partial charge in [0.15, 0.2) is 6.61 Å². The highest BCUT2D eigenvalue weighted by atomic mass is 35.5. The summed E-state index contributed by atoms with van der Waals surface area (Å²) in [7, 11) is 0. The van der Waals surface area contributed by atoms with Crippen LogP contribution in [0.15, 0.2) is 78.9 Å². The number of halogens is 1. The lowest BCUT2D eigenvalue weighted by Crippen LogP contribution is -2.21. The second-order valence-electron chi connectivity index (χ2n) is 5.69. The van der Waals surface area contributed by atoms with Gasteiger partial charge in [0.25, 0.3) is 5.91 Å². The lowest BCUT2D eigenvalue weighted by molar-refractivity contribution is -0.118. The quantitative estimate of drug-likeness (QED) is 0.677. The molecule has 1 atom stereocenters. The number of carbonyl (C=O) groups is 1. The number of para-hydroxylation sites is 1. The average molecular weight is 368 g/mol. The molecule has 0 spiro atoms. The number of carbonyl (C=O) groups excluding carboxylic acids is 1. The van der Waals surface area contributed by atoms with E-state index in [1.165, 1.54) is 0 Å². The van der Waals surface area contributed by atoms with Gasteiger partial charge in [0.2, 0.25) is 0 Å². The van der Waals surface area contributed by atoms with Gasteiger partial charge in [-0.15, -0.1) is 0 Å². The molecule has 26 heavy (non-hydrogen) atoms. The van der Waals surface area contributed by atoms with Gasteiger partial charge in [0.05, 0.1) is 0 Å². The molecule has 2 N–H and O–H groups in total. The number of aliphatic hydroxyl groups excluding tert-OH is 1. The summed E-state index contributed by atoms with van der Waals surface area (Å²) in [5.74, 6) is 0.293. The number of anilines is 1. The van der Waals surface area contributed by atoms with Crippen LogP contribution in [0.5, 0.6) is 5.75 Å². The number of benzene rings is 3. The summed E-state index contributed by atoms with van der Waals surface area (Å²) in [6.07, 6.45) is -0.903. The van der Waals surface area contributed by atoms with Crippen molar-refractivity contribution in [3.8, 4) is 5.75 Å². The minimum Gasteiger partial charge on any atom is -0.484 e. The first-order valence-corrected chi connectivity index (χ1v) is 8.51. The lowest BCUT2D eigenvalue weighted by Gasteiger charge is -2.17. The van der Waals surface area contributed by atoms with Crippen molar-refractivity contribution in [2.24, 2.45) is 0 Å². The molecule has 3 aromatic rings. The molecule has 0 aromatic heterocycles. The van der Waals surface area contributed by atoms with Gasteiger partial charge < -0.3 is 15.2 Å². The molecule has 0 aliphatic carbocycles. The molecule has 0 fully saturated rings. The molecule has 0 saturated heterocycles. The molecule has 1 unspecified atom stereocenters. The second-order valence-corrected chi connectivity index (χ2v) is 6.13. The van der Waals surface area contributed by atoms with Crippen LogP contribution in [0.1, 0.15) is 17.2 Å². The van der Waals surface area contributed by atoms with Crippen LogP contribution in [0.3, 0.4) is 0 Å². The molecule has 0 aliphatic rings. The van der Waals surface area contributed by atoms with Crippen molar-refractivity contribution >= 4 is 23.2 Å². The summed E-state index contributed by atoms with van der Waals surface area (Å²) in [6, 6.07) is 23.3. The van der Waals surface area contributed by atoms with Gasteiger partial charge in [-0.25, -0.2) is 0 Å². The van der Waals surface area contributed by atoms with Gasteiger partial charge in [-0.05, 0) is 35.9 Å². The first kappa shape index (κ1) is 18.0. The van der Waals surface area contributed by atoms with Crippen LogP contribution in [-0.4, -0.2) is 17.6 Å². The van der Waals surface area contributed by atoms with Crippen LogP contribution in [-0.2, 0) is 4.79 Å². The standard InChI is InChI=1S/C21H18ClNO3/c22-16-11-12-19(18(13-16)21(25)15-7-3-1-4-8-15)23-20(24)14-26-17-9-5-2-6-10-17/h1-13,21,25H,14H2,(H,23,24). The third kappa shape index (κ3) is 4.63. The number of nitrogens with one attached hydrogen (secondary N) is 1. The van der Waals surface area contributed by atoms with Crippen LogP contribution >= 0.6 is 11.6 Å². The van der Waals surface area contributed by atoms with Crippen LogP contribution in [0.25, 0.3) is 0 Å². The fourth-order valence-electron chi connectivity index (χ4n) is 2.54. The third-order valence-corrected chi connectivity index (χ3v) is 4.05. The number of amides is 1. The zero-order valence-corrected chi connectivity index (χ0v) is 14.7. The van der Waals surface area contributed by atoms with Crippen molar-refractivity contribution in [1.82, 2.24) is 0 Å². The Kier molecular flexibility index (Phi) is 5.89. The topological polar surface area (TPSA) is 58.6 Å². The predicted molar refractivity (Wildman–Crippen MR) is 103 cm³/mol. The fourth-order valence-corrected chi connectivity index (χ4v) is 2.72. The SMILES string of the molecule is O=C(COc1ccccc1)Nc1ccc(Cl)cc1C(O)c1ccccc1. The molecule has 0 radical (unpaired) electrons. The van der Waals surface area contributed by atoms with Crippen LogP contribution in [0.2, 0.25) is 5.02 Å². The van der Waals surface area contributed by atoms with E-state index in [-0.39, 0.29) is 12.5 Å². The van der Waals surface area contributed by atoms with E-state index in [9.17, 15) is 9.90 Å². The maximum atomic E-state index is 12.2. The third-order valence-electron chi connectivity index (χ3n) is 3.81. The highest BCUT2D eigenvalue weighted by Gasteiger charge is 2.17. The Labute approximate surface area is 157 Å². The fraction of sp³-hybridized carbons (Fsp3) is 0.0952. The zero-order valence-electron chi connectivity index (χ0n) is 13.9. The van der Waals surface area contributed by atoms with Crippen LogP contribution in [0.4, 0.5) is 5.69 Å². The van der Waals surface area contributed by atoms with Gasteiger partial charge >= 0.3 is 0 Å². The first-order valence-electron chi connectivity index (χ1n) is 8.13. The summed E-state index contributed by atoms with van der Waals surface area (Å²) in [5, 5.41) is 13.9. The van der Waals surface area contributed by atoms with Gasteiger partial charge in [-0.2, -0.15) is 0 Å². The summed E-state index contributed by atoms with van der Waals surface area (Å²) in [4.78, 5) is 12.2. The maximum Gasteiger partial charge on any atom is 0.262 e. The first-order chi connectivity index (χ1) is 12.6. The van der Waals surface area contributed by atoms with E-state index in [4.69, 9.17) is 16.3 Å². The number of hydrogen-bond donors (Lipinski definition) is 2. The van der Waals surface area contributed by atoms with E-state index in [2.05, 4.69) is 5.32 Å². The maximum absolute atomic E-state index is 12.2. The number of hydrogen-bond acceptors (Lipinski definition) is 3. The molecule has 5 heteroatoms. The van der Waals surface area contributed by atoms with E-state index >= 15 is 0 Å². The summed E-state index contributed by atoms with van der Waals surface area (Å²) >= 11 is 6.08. The molecule has 0 heterocycles. The largest absolute Gasteiger partial charge is 0.484 e. The Morgan fingerprint density at radius 2 is 1.65 bits per heavy atom. The number of rotatable bonds is 6. The Morgan fingerprint density at radius 1 is 1.00 bits per heavy atom. The summed E-state index contributed by atoms with van der Waals surface area (Å²) in [5.41, 5.74) is 1.73. The minimum atomic E-state index is -0.903. The minimum absolute atomic E-state index is 0.131. The average Bonchev–Trinajstić information content (AvgIpc) is 2.69. The van der Waals surface area contributed by atoms with E-state index in [0.717, 1.165) is 0 Å². The van der Waals surface area contributed by atoms with E-state index in [1.807, 2.05) is 48.5 Å². The molecule has 3 rings (SSSR count). The summed E-state index contributed by atoms with van der Waals surface area (Å²) in [6.45, 7) is -0.131. The monoisotopic (exact) mass is 367 g/mol. The molecule has 0 aliphatic heterocycles.